The Morgan fingerprint density at radius 1 is 0.366 bits per heavy atom. The Morgan fingerprint density at radius 3 is 1.08 bits per heavy atom. The van der Waals surface area contributed by atoms with Gasteiger partial charge in [-0.1, -0.05) is 62.3 Å². The second-order valence-electron chi connectivity index (χ2n) is 39.3. The molecule has 101 heavy (non-hydrogen) atoms. The zero-order valence-electron chi connectivity index (χ0n) is 64.1. The van der Waals surface area contributed by atoms with E-state index in [0.717, 1.165) is 128 Å². The molecule has 0 spiro atoms. The van der Waals surface area contributed by atoms with Crippen LogP contribution in [0.2, 0.25) is 0 Å². The highest BCUT2D eigenvalue weighted by Gasteiger charge is 2.69. The lowest BCUT2D eigenvalue weighted by atomic mass is 9.43. The van der Waals surface area contributed by atoms with Gasteiger partial charge in [-0.3, -0.25) is 19.2 Å². The number of carbonyl (C=O) groups excluding carboxylic acids is 4. The van der Waals surface area contributed by atoms with Gasteiger partial charge in [-0.15, -0.1) is 0 Å². The van der Waals surface area contributed by atoms with E-state index in [-0.39, 0.29) is 188 Å². The van der Waals surface area contributed by atoms with Gasteiger partial charge >= 0.3 is 0 Å². The van der Waals surface area contributed by atoms with Gasteiger partial charge in [-0.05, 0) is 339 Å². The highest BCUT2D eigenvalue weighted by atomic mass is 16.3. The van der Waals surface area contributed by atoms with Crippen molar-refractivity contribution in [1.29, 1.82) is 0 Å². The van der Waals surface area contributed by atoms with Crippen molar-refractivity contribution in [3.8, 4) is 0 Å². The molecule has 0 aromatic rings. The molecular weight excluding hydrogens is 1270 g/mol. The lowest BCUT2D eigenvalue weighted by Crippen LogP contribution is -2.62. The lowest BCUT2D eigenvalue weighted by molar-refractivity contribution is -0.207. The van der Waals surface area contributed by atoms with Crippen LogP contribution in [0.5, 0.6) is 0 Å². The van der Waals surface area contributed by atoms with Crippen molar-refractivity contribution in [3.63, 3.8) is 0 Å². The fraction of sp³-hybridized carbons (Fsp3) is 0.952. The predicted molar refractivity (Wildman–Crippen MR) is 390 cm³/mol. The maximum atomic E-state index is 14.2. The van der Waals surface area contributed by atoms with E-state index in [4.69, 9.17) is 0 Å². The van der Waals surface area contributed by atoms with Gasteiger partial charge in [0.1, 0.15) is 6.04 Å². The normalized spacial score (nSPS) is 48.1. The maximum Gasteiger partial charge on any atom is 0.242 e. The third-order valence-corrected chi connectivity index (χ3v) is 34.7. The third kappa shape index (κ3) is 14.5. The molecule has 0 radical (unpaired) electrons. The van der Waals surface area contributed by atoms with E-state index in [0.29, 0.717) is 90.1 Å². The average molecular weight is 1420 g/mol. The standard InChI is InChI=1S/C84H142N4O13/c1-46(56-20-23-59-75-62(43-69(95)82(56,59)8)79(5)32-29-53(89)37-50(79)40-66(75)92)17-26-72(98)85-35-14-12-16-65(88-74(100)28-19-48(3)58-22-25-61-77-64(45-71(97)84(58,61)10)81(7)34-31-55(91)39-52(81)42-68(77)94)78(101)86-36-13-11-15-49(4)87-73(99)27-18-47(2)57-21-24-60-76-63(44-70(96)83(57,60)9)80(6)33-30-54(90)38-51(80)41-67(76)93/h46-71,75-77,89-97H,11-45H2,1-10H3,(H,85,98)(H,86,101)(H,87,99)(H,88,100)/t46?,47?,48?,49?,50-,51-,52-,53+,54+,55+,56?,57?,58?,59-,60-,61-,62?,63?,64?,65?,66?,67?,68?,69?,70?,71?,75-,76-,77-,79?,80?,81?,82+,83?,84?/m0/s1. The fourth-order valence-corrected chi connectivity index (χ4v) is 28.7. The van der Waals surface area contributed by atoms with Gasteiger partial charge in [-0.2, -0.15) is 0 Å². The minimum absolute atomic E-state index is 0.0128. The first-order chi connectivity index (χ1) is 47.8. The molecule has 12 aliphatic carbocycles. The van der Waals surface area contributed by atoms with E-state index in [1.165, 1.54) is 0 Å². The molecule has 0 bridgehead atoms. The summed E-state index contributed by atoms with van der Waals surface area (Å²) in [7, 11) is 0. The van der Waals surface area contributed by atoms with E-state index in [1.54, 1.807) is 0 Å². The lowest BCUT2D eigenvalue weighted by Gasteiger charge is -2.63. The molecule has 0 aromatic heterocycles. The minimum Gasteiger partial charge on any atom is -0.393 e. The molecule has 17 heteroatoms. The van der Waals surface area contributed by atoms with Crippen LogP contribution in [0.3, 0.4) is 0 Å². The highest BCUT2D eigenvalue weighted by Crippen LogP contribution is 2.72. The average Bonchev–Trinajstić information content (AvgIpc) is 1.52. The molecular formula is C84H142N4O13. The quantitative estimate of drug-likeness (QED) is 0.0379. The summed E-state index contributed by atoms with van der Waals surface area (Å²) in [6.07, 6.45) is 20.6. The van der Waals surface area contributed by atoms with Crippen molar-refractivity contribution in [1.82, 2.24) is 21.3 Å². The van der Waals surface area contributed by atoms with E-state index in [1.807, 2.05) is 6.92 Å². The van der Waals surface area contributed by atoms with Crippen LogP contribution in [0, 0.1) is 139 Å². The summed E-state index contributed by atoms with van der Waals surface area (Å²) in [6.45, 7) is 23.4. The smallest absolute Gasteiger partial charge is 0.242 e. The minimum atomic E-state index is -0.769. The molecule has 22 unspecified atom stereocenters. The molecule has 576 valence electrons. The van der Waals surface area contributed by atoms with Crippen LogP contribution in [-0.2, 0) is 19.2 Å². The molecule has 0 aromatic carbocycles. The Balaban J connectivity index is 0.601. The molecule has 12 saturated carbocycles. The molecule has 4 amide bonds. The van der Waals surface area contributed by atoms with Crippen LogP contribution in [0.25, 0.3) is 0 Å². The van der Waals surface area contributed by atoms with E-state index in [9.17, 15) is 65.1 Å². The summed E-state index contributed by atoms with van der Waals surface area (Å²) in [4.78, 5) is 55.4. The number of fused-ring (bicyclic) bond motifs is 15. The van der Waals surface area contributed by atoms with Gasteiger partial charge in [0.25, 0.3) is 0 Å². The Bertz CT molecular complexity index is 2870. The van der Waals surface area contributed by atoms with E-state index >= 15 is 0 Å². The van der Waals surface area contributed by atoms with Gasteiger partial charge in [0, 0.05) is 38.4 Å². The highest BCUT2D eigenvalue weighted by molar-refractivity contribution is 5.87. The van der Waals surface area contributed by atoms with Crippen LogP contribution >= 0.6 is 0 Å². The zero-order chi connectivity index (χ0) is 72.6. The van der Waals surface area contributed by atoms with Crippen molar-refractivity contribution in [2.24, 2.45) is 139 Å². The van der Waals surface area contributed by atoms with Crippen LogP contribution in [0.15, 0.2) is 0 Å². The summed E-state index contributed by atoms with van der Waals surface area (Å²) in [5.41, 5.74) is -1.02. The predicted octanol–water partition coefficient (Wildman–Crippen LogP) is 10.7. The van der Waals surface area contributed by atoms with Gasteiger partial charge in [-0.25, -0.2) is 0 Å². The summed E-state index contributed by atoms with van der Waals surface area (Å²) in [5, 5.41) is 116. The molecule has 0 aliphatic heterocycles. The second-order valence-corrected chi connectivity index (χ2v) is 39.3. The van der Waals surface area contributed by atoms with Crippen molar-refractivity contribution in [3.05, 3.63) is 0 Å². The van der Waals surface area contributed by atoms with Crippen molar-refractivity contribution >= 4 is 23.6 Å². The van der Waals surface area contributed by atoms with E-state index < -0.39 is 48.1 Å². The summed E-state index contributed by atoms with van der Waals surface area (Å²) in [5.74, 6) is 3.33. The molecule has 17 nitrogen and oxygen atoms in total. The SMILES string of the molecule is CC(CCCCNC(=O)C(CCCCNC(=O)CCC(C)C1CC[C@H]2[C@@H]3C(O)C[C@@H]4C[C@H](O)CCC4(C)C3CC(O)[C@]12C)NC(=O)CCC(C)C1CC[C@H]2[C@@H]3C(O)C[C@@H]4C[C@H](O)CCC4(C)C3CC(O)C12C)NC(=O)CCC(C)C1CC[C@H]2[C@@H]3C(O)C[C@@H]4C[C@H](O)CCC4(C)C3CC(O)C12C. The van der Waals surface area contributed by atoms with E-state index in [2.05, 4.69) is 83.6 Å². The first-order valence-corrected chi connectivity index (χ1v) is 42.0. The number of unbranched alkanes of at least 4 members (excludes halogenated alkanes) is 2. The number of nitrogens with one attached hydrogen (secondary N) is 4. The second kappa shape index (κ2) is 30.9. The van der Waals surface area contributed by atoms with Gasteiger partial charge in [0.05, 0.1) is 54.9 Å². The number of rotatable bonds is 25. The first kappa shape index (κ1) is 78.1. The number of hydrogen-bond acceptors (Lipinski definition) is 13. The van der Waals surface area contributed by atoms with Crippen molar-refractivity contribution in [2.75, 3.05) is 13.1 Å². The largest absolute Gasteiger partial charge is 0.393 e. The number of amides is 4. The molecule has 13 N–H and O–H groups in total. The zero-order valence-corrected chi connectivity index (χ0v) is 64.1. The number of aliphatic hydroxyl groups excluding tert-OH is 9. The Labute approximate surface area is 607 Å². The Kier molecular flexibility index (Phi) is 23.9. The first-order valence-electron chi connectivity index (χ1n) is 42.0. The van der Waals surface area contributed by atoms with Crippen LogP contribution in [0.4, 0.5) is 0 Å². The monoisotopic (exact) mass is 1420 g/mol. The van der Waals surface area contributed by atoms with Crippen molar-refractivity contribution in [2.45, 2.75) is 348 Å². The van der Waals surface area contributed by atoms with Crippen LogP contribution in [0.1, 0.15) is 281 Å². The molecule has 35 atom stereocenters. The Hall–Kier alpha value is -2.48. The molecule has 12 aliphatic rings. The molecule has 0 saturated heterocycles. The van der Waals surface area contributed by atoms with Crippen molar-refractivity contribution < 1.29 is 65.1 Å². The topological polar surface area (TPSA) is 298 Å². The summed E-state index contributed by atoms with van der Waals surface area (Å²) >= 11 is 0. The number of hydrogen-bond donors (Lipinski definition) is 13. The summed E-state index contributed by atoms with van der Waals surface area (Å²) < 4.78 is 0. The molecule has 12 rings (SSSR count). The van der Waals surface area contributed by atoms with Gasteiger partial charge in [0.2, 0.25) is 23.6 Å². The number of aliphatic hydroxyl groups is 9. The summed E-state index contributed by atoms with van der Waals surface area (Å²) in [6, 6.07) is -0.829. The van der Waals surface area contributed by atoms with Crippen LogP contribution < -0.4 is 21.3 Å². The molecule has 0 heterocycles. The fourth-order valence-electron chi connectivity index (χ4n) is 28.7. The van der Waals surface area contributed by atoms with Crippen LogP contribution in [-0.4, -0.2) is 150 Å². The van der Waals surface area contributed by atoms with Gasteiger partial charge < -0.3 is 67.2 Å². The van der Waals surface area contributed by atoms with Gasteiger partial charge in [0.15, 0.2) is 0 Å². The Morgan fingerprint density at radius 2 is 0.703 bits per heavy atom. The number of carbonyl (C=O) groups is 4. The molecule has 12 fully saturated rings. The maximum absolute atomic E-state index is 14.2. The third-order valence-electron chi connectivity index (χ3n) is 34.7.